The van der Waals surface area contributed by atoms with Crippen LogP contribution < -0.4 is 11.1 Å². The second-order valence-corrected chi connectivity index (χ2v) is 4.57. The van der Waals surface area contributed by atoms with Crippen LogP contribution in [0, 0.1) is 0 Å². The molecule has 4 N–H and O–H groups in total. The summed E-state index contributed by atoms with van der Waals surface area (Å²) >= 11 is 0. The Morgan fingerprint density at radius 1 is 1.67 bits per heavy atom. The number of aromatic nitrogens is 3. The molecule has 0 bridgehead atoms. The maximum absolute atomic E-state index is 10.9. The summed E-state index contributed by atoms with van der Waals surface area (Å²) in [5.41, 5.74) is 8.67. The summed E-state index contributed by atoms with van der Waals surface area (Å²) in [4.78, 5) is 15.1. The van der Waals surface area contributed by atoms with Gasteiger partial charge in [-0.05, 0) is 18.6 Å². The fraction of sp³-hybridized carbons (Fsp3) is 0.214. The molecule has 0 aliphatic heterocycles. The Morgan fingerprint density at radius 3 is 3.00 bits per heavy atom. The van der Waals surface area contributed by atoms with Gasteiger partial charge < -0.3 is 16.2 Å². The van der Waals surface area contributed by atoms with Gasteiger partial charge in [0.15, 0.2) is 0 Å². The zero-order valence-corrected chi connectivity index (χ0v) is 11.7. The topological polar surface area (TPSA) is 106 Å². The third kappa shape index (κ3) is 3.19. The summed E-state index contributed by atoms with van der Waals surface area (Å²) in [5, 5.41) is 15.4. The van der Waals surface area contributed by atoms with Crippen LogP contribution in [0.15, 0.2) is 37.2 Å². The Morgan fingerprint density at radius 2 is 2.43 bits per heavy atom. The van der Waals surface area contributed by atoms with Crippen LogP contribution in [0.5, 0.6) is 0 Å². The number of carbonyl (C=O) groups is 1. The maximum atomic E-state index is 10.9. The van der Waals surface area contributed by atoms with Crippen LogP contribution in [-0.4, -0.2) is 26.0 Å². The minimum absolute atomic E-state index is 0.448. The molecule has 2 aromatic rings. The molecule has 0 saturated heterocycles. The van der Waals surface area contributed by atoms with Crippen LogP contribution in [0.25, 0.3) is 11.3 Å². The van der Waals surface area contributed by atoms with Crippen LogP contribution in [0.4, 0.5) is 10.5 Å². The molecule has 110 valence electrons. The molecule has 2 aromatic heterocycles. The SMILES string of the molecule is C=CCC(NC(=O)O)c1cc(-c2c(N)cnn2C)ccn1. The van der Waals surface area contributed by atoms with Crippen LogP contribution in [-0.2, 0) is 7.05 Å². The molecule has 0 aromatic carbocycles. The normalized spacial score (nSPS) is 11.9. The molecule has 1 unspecified atom stereocenters. The van der Waals surface area contributed by atoms with Gasteiger partial charge in [0.25, 0.3) is 0 Å². The van der Waals surface area contributed by atoms with Crippen molar-refractivity contribution >= 4 is 11.8 Å². The van der Waals surface area contributed by atoms with Crippen LogP contribution in [0.3, 0.4) is 0 Å². The Hall–Kier alpha value is -2.83. The molecule has 7 heteroatoms. The summed E-state index contributed by atoms with van der Waals surface area (Å²) in [6.45, 7) is 3.64. The lowest BCUT2D eigenvalue weighted by Crippen LogP contribution is -2.27. The molecule has 0 saturated carbocycles. The van der Waals surface area contributed by atoms with E-state index in [2.05, 4.69) is 22.0 Å². The lowest BCUT2D eigenvalue weighted by molar-refractivity contribution is 0.189. The number of nitrogens with zero attached hydrogens (tertiary/aromatic N) is 3. The van der Waals surface area contributed by atoms with Gasteiger partial charge in [0, 0.05) is 18.8 Å². The second-order valence-electron chi connectivity index (χ2n) is 4.57. The van der Waals surface area contributed by atoms with Crippen molar-refractivity contribution in [1.29, 1.82) is 0 Å². The van der Waals surface area contributed by atoms with E-state index >= 15 is 0 Å². The van der Waals surface area contributed by atoms with Gasteiger partial charge in [-0.25, -0.2) is 4.79 Å². The number of hydrogen-bond donors (Lipinski definition) is 3. The van der Waals surface area contributed by atoms with Crippen molar-refractivity contribution < 1.29 is 9.90 Å². The molecular weight excluding hydrogens is 270 g/mol. The molecule has 1 atom stereocenters. The summed E-state index contributed by atoms with van der Waals surface area (Å²) < 4.78 is 1.67. The molecule has 7 nitrogen and oxygen atoms in total. The highest BCUT2D eigenvalue weighted by atomic mass is 16.4. The van der Waals surface area contributed by atoms with Gasteiger partial charge in [0.2, 0.25) is 0 Å². The van der Waals surface area contributed by atoms with E-state index in [4.69, 9.17) is 10.8 Å². The van der Waals surface area contributed by atoms with Crippen LogP contribution >= 0.6 is 0 Å². The largest absolute Gasteiger partial charge is 0.465 e. The number of carboxylic acid groups (broad SMARTS) is 1. The lowest BCUT2D eigenvalue weighted by Gasteiger charge is -2.15. The molecular formula is C14H17N5O2. The van der Waals surface area contributed by atoms with Crippen molar-refractivity contribution in [1.82, 2.24) is 20.1 Å². The van der Waals surface area contributed by atoms with Gasteiger partial charge in [-0.15, -0.1) is 6.58 Å². The van der Waals surface area contributed by atoms with Gasteiger partial charge >= 0.3 is 6.09 Å². The van der Waals surface area contributed by atoms with E-state index in [1.165, 1.54) is 0 Å². The van der Waals surface area contributed by atoms with Crippen LogP contribution in [0.1, 0.15) is 18.2 Å². The van der Waals surface area contributed by atoms with E-state index < -0.39 is 12.1 Å². The monoisotopic (exact) mass is 287 g/mol. The fourth-order valence-electron chi connectivity index (χ4n) is 2.16. The molecule has 0 fully saturated rings. The van der Waals surface area contributed by atoms with E-state index in [1.807, 2.05) is 6.07 Å². The first-order chi connectivity index (χ1) is 10.0. The Bertz CT molecular complexity index is 646. The number of nitrogens with one attached hydrogen (secondary N) is 1. The highest BCUT2D eigenvalue weighted by molar-refractivity contribution is 5.72. The van der Waals surface area contributed by atoms with E-state index in [0.29, 0.717) is 17.8 Å². The summed E-state index contributed by atoms with van der Waals surface area (Å²) in [5.74, 6) is 0. The first-order valence-electron chi connectivity index (χ1n) is 6.37. The second kappa shape index (κ2) is 6.08. The third-order valence-corrected chi connectivity index (χ3v) is 3.08. The average molecular weight is 287 g/mol. The number of nitrogens with two attached hydrogens (primary N) is 1. The van der Waals surface area contributed by atoms with E-state index in [9.17, 15) is 4.79 Å². The number of anilines is 1. The minimum Gasteiger partial charge on any atom is -0.465 e. The number of amides is 1. The van der Waals surface area contributed by atoms with E-state index in [0.717, 1.165) is 11.3 Å². The minimum atomic E-state index is -1.10. The van der Waals surface area contributed by atoms with Crippen molar-refractivity contribution in [3.8, 4) is 11.3 Å². The molecule has 2 rings (SSSR count). The van der Waals surface area contributed by atoms with Crippen molar-refractivity contribution in [2.75, 3.05) is 5.73 Å². The molecule has 0 radical (unpaired) electrons. The van der Waals surface area contributed by atoms with Gasteiger partial charge in [0.05, 0.1) is 29.3 Å². The Labute approximate surface area is 122 Å². The van der Waals surface area contributed by atoms with Crippen molar-refractivity contribution in [3.05, 3.63) is 42.9 Å². The molecule has 0 aliphatic rings. The first-order valence-corrected chi connectivity index (χ1v) is 6.37. The smallest absolute Gasteiger partial charge is 0.405 e. The molecule has 0 aliphatic carbocycles. The predicted molar refractivity (Wildman–Crippen MR) is 79.6 cm³/mol. The highest BCUT2D eigenvalue weighted by Crippen LogP contribution is 2.27. The number of pyridine rings is 1. The molecule has 21 heavy (non-hydrogen) atoms. The van der Waals surface area contributed by atoms with E-state index in [-0.39, 0.29) is 0 Å². The van der Waals surface area contributed by atoms with Crippen LogP contribution in [0.2, 0.25) is 0 Å². The Kier molecular flexibility index (Phi) is 4.22. The van der Waals surface area contributed by atoms with Gasteiger partial charge in [-0.2, -0.15) is 5.10 Å². The van der Waals surface area contributed by atoms with Crippen molar-refractivity contribution in [2.45, 2.75) is 12.5 Å². The zero-order chi connectivity index (χ0) is 15.4. The summed E-state index contributed by atoms with van der Waals surface area (Å²) in [6.07, 6.45) is 4.19. The lowest BCUT2D eigenvalue weighted by atomic mass is 10.1. The van der Waals surface area contributed by atoms with E-state index in [1.54, 1.807) is 36.3 Å². The average Bonchev–Trinajstić information content (AvgIpc) is 2.77. The predicted octanol–water partition coefficient (Wildman–Crippen LogP) is 1.95. The summed E-state index contributed by atoms with van der Waals surface area (Å²) in [6, 6.07) is 3.16. The third-order valence-electron chi connectivity index (χ3n) is 3.08. The first kappa shape index (κ1) is 14.6. The quantitative estimate of drug-likeness (QED) is 0.729. The molecule has 1 amide bonds. The standard InChI is InChI=1S/C14H17N5O2/c1-3-4-11(18-14(20)21)12-7-9(5-6-16-12)13-10(15)8-17-19(13)2/h3,5-8,11,18H,1,4,15H2,2H3,(H,20,21). The van der Waals surface area contributed by atoms with Crippen molar-refractivity contribution in [3.63, 3.8) is 0 Å². The van der Waals surface area contributed by atoms with Crippen molar-refractivity contribution in [2.24, 2.45) is 7.05 Å². The highest BCUT2D eigenvalue weighted by Gasteiger charge is 2.16. The zero-order valence-electron chi connectivity index (χ0n) is 11.7. The number of hydrogen-bond acceptors (Lipinski definition) is 4. The van der Waals surface area contributed by atoms with Gasteiger partial charge in [-0.1, -0.05) is 6.08 Å². The fourth-order valence-corrected chi connectivity index (χ4v) is 2.16. The molecule has 0 spiro atoms. The Balaban J connectivity index is 2.40. The number of rotatable bonds is 5. The number of aryl methyl sites for hydroxylation is 1. The maximum Gasteiger partial charge on any atom is 0.405 e. The summed E-state index contributed by atoms with van der Waals surface area (Å²) in [7, 11) is 1.79. The van der Waals surface area contributed by atoms with Gasteiger partial charge in [-0.3, -0.25) is 9.67 Å². The van der Waals surface area contributed by atoms with Gasteiger partial charge in [0.1, 0.15) is 0 Å². The number of nitrogen functional groups attached to an aromatic ring is 1. The molecule has 2 heterocycles.